The number of anilines is 1. The van der Waals surface area contributed by atoms with Gasteiger partial charge in [-0.25, -0.2) is 4.98 Å². The first-order valence-electron chi connectivity index (χ1n) is 7.92. The second-order valence-electron chi connectivity index (χ2n) is 5.65. The number of hydrogen-bond acceptors (Lipinski definition) is 6. The molecule has 7 nitrogen and oxygen atoms in total. The van der Waals surface area contributed by atoms with E-state index in [2.05, 4.69) is 15.6 Å². The van der Waals surface area contributed by atoms with Crippen LogP contribution in [0.25, 0.3) is 0 Å². The number of nitrogens with one attached hydrogen (secondary N) is 2. The van der Waals surface area contributed by atoms with E-state index < -0.39 is 0 Å². The number of furan rings is 1. The maximum absolute atomic E-state index is 12.3. The second-order valence-corrected chi connectivity index (χ2v) is 6.51. The number of halogens is 2. The minimum atomic E-state index is -0.257. The smallest absolute Gasteiger partial charge is 0.260 e. The molecular weight excluding hydrogens is 399 g/mol. The molecule has 144 valence electrons. The molecule has 0 bridgehead atoms. The van der Waals surface area contributed by atoms with E-state index >= 15 is 0 Å². The topological polar surface area (TPSA) is 87.5 Å². The molecule has 3 rings (SSSR count). The Balaban J connectivity index is 0.00000169. The minimum absolute atomic E-state index is 0. The molecule has 1 aliphatic heterocycles. The molecule has 2 aromatic rings. The number of rotatable bonds is 4. The Morgan fingerprint density at radius 1 is 1.35 bits per heavy atom. The van der Waals surface area contributed by atoms with Crippen LogP contribution < -0.4 is 10.6 Å². The zero-order valence-corrected chi connectivity index (χ0v) is 16.8. The zero-order chi connectivity index (χ0) is 16.9. The molecule has 2 amide bonds. The first kappa shape index (κ1) is 22.4. The zero-order valence-electron chi connectivity index (χ0n) is 14.3. The predicted molar refractivity (Wildman–Crippen MR) is 106 cm³/mol. The van der Waals surface area contributed by atoms with Crippen molar-refractivity contribution in [3.8, 4) is 0 Å². The number of aromatic nitrogens is 1. The Hall–Kier alpha value is -1.61. The van der Waals surface area contributed by atoms with Crippen LogP contribution in [-0.2, 0) is 11.2 Å². The summed E-state index contributed by atoms with van der Waals surface area (Å²) in [6, 6.07) is 1.62. The lowest BCUT2D eigenvalue weighted by Crippen LogP contribution is -2.35. The third-order valence-electron chi connectivity index (χ3n) is 3.90. The Kier molecular flexibility index (Phi) is 9.07. The Morgan fingerprint density at radius 3 is 2.88 bits per heavy atom. The van der Waals surface area contributed by atoms with Gasteiger partial charge in [-0.2, -0.15) is 0 Å². The average Bonchev–Trinajstić information content (AvgIpc) is 3.07. The van der Waals surface area contributed by atoms with Gasteiger partial charge in [-0.05, 0) is 26.0 Å². The first-order chi connectivity index (χ1) is 11.6. The molecule has 1 aliphatic rings. The molecule has 2 N–H and O–H groups in total. The third-order valence-corrected chi connectivity index (χ3v) is 4.71. The molecule has 0 aromatic carbocycles. The van der Waals surface area contributed by atoms with Crippen LogP contribution in [0, 0.1) is 6.92 Å². The average molecular weight is 421 g/mol. The van der Waals surface area contributed by atoms with Crippen molar-refractivity contribution >= 4 is 53.1 Å². The van der Waals surface area contributed by atoms with Gasteiger partial charge in [0.2, 0.25) is 5.91 Å². The Morgan fingerprint density at radius 2 is 2.15 bits per heavy atom. The highest BCUT2D eigenvalue weighted by Crippen LogP contribution is 2.18. The van der Waals surface area contributed by atoms with Crippen molar-refractivity contribution in [3.05, 3.63) is 34.7 Å². The largest absolute Gasteiger partial charge is 0.469 e. The molecule has 1 saturated heterocycles. The maximum atomic E-state index is 12.3. The third kappa shape index (κ3) is 5.70. The van der Waals surface area contributed by atoms with Crippen molar-refractivity contribution in [2.75, 3.05) is 31.5 Å². The summed E-state index contributed by atoms with van der Waals surface area (Å²) < 4.78 is 5.13. The van der Waals surface area contributed by atoms with Crippen LogP contribution in [0.15, 0.2) is 22.1 Å². The van der Waals surface area contributed by atoms with E-state index in [1.54, 1.807) is 13.0 Å². The van der Waals surface area contributed by atoms with Crippen LogP contribution in [0.5, 0.6) is 0 Å². The van der Waals surface area contributed by atoms with Crippen molar-refractivity contribution < 1.29 is 14.0 Å². The Labute approximate surface area is 168 Å². The lowest BCUT2D eigenvalue weighted by atomic mass is 10.2. The molecule has 26 heavy (non-hydrogen) atoms. The monoisotopic (exact) mass is 420 g/mol. The highest BCUT2D eigenvalue weighted by Gasteiger charge is 2.18. The van der Waals surface area contributed by atoms with Gasteiger partial charge in [0.25, 0.3) is 5.91 Å². The summed E-state index contributed by atoms with van der Waals surface area (Å²) in [4.78, 5) is 30.7. The molecule has 0 radical (unpaired) electrons. The van der Waals surface area contributed by atoms with E-state index in [-0.39, 0.29) is 43.0 Å². The summed E-state index contributed by atoms with van der Waals surface area (Å²) >= 11 is 1.32. The number of carbonyl (C=O) groups is 2. The number of hydrogen-bond donors (Lipinski definition) is 2. The molecular formula is C16H22Cl2N4O3S. The van der Waals surface area contributed by atoms with E-state index in [4.69, 9.17) is 4.42 Å². The molecule has 1 fully saturated rings. The summed E-state index contributed by atoms with van der Waals surface area (Å²) in [6.45, 7) is 5.01. The maximum Gasteiger partial charge on any atom is 0.260 e. The molecule has 0 atom stereocenters. The number of aryl methyl sites for hydroxylation is 1. The summed E-state index contributed by atoms with van der Waals surface area (Å²) in [6.07, 6.45) is 2.71. The van der Waals surface area contributed by atoms with Gasteiger partial charge in [0, 0.05) is 25.0 Å². The lowest BCUT2D eigenvalue weighted by Gasteiger charge is -2.19. The molecule has 0 unspecified atom stereocenters. The van der Waals surface area contributed by atoms with Crippen molar-refractivity contribution in [1.82, 2.24) is 15.2 Å². The number of thiazole rings is 1. The van der Waals surface area contributed by atoms with Crippen molar-refractivity contribution in [2.24, 2.45) is 0 Å². The van der Waals surface area contributed by atoms with Crippen LogP contribution in [0.1, 0.15) is 28.2 Å². The van der Waals surface area contributed by atoms with Crippen LogP contribution in [-0.4, -0.2) is 47.9 Å². The van der Waals surface area contributed by atoms with Gasteiger partial charge in [-0.3, -0.25) is 14.9 Å². The Bertz CT molecular complexity index is 727. The van der Waals surface area contributed by atoms with Gasteiger partial charge in [-0.15, -0.1) is 36.2 Å². The fraction of sp³-hybridized carbons (Fsp3) is 0.438. The fourth-order valence-electron chi connectivity index (χ4n) is 2.59. The van der Waals surface area contributed by atoms with Crippen molar-refractivity contribution in [1.29, 1.82) is 0 Å². The van der Waals surface area contributed by atoms with E-state index in [0.29, 0.717) is 22.1 Å². The minimum Gasteiger partial charge on any atom is -0.469 e. The second kappa shape index (κ2) is 10.5. The SMILES string of the molecule is Cc1occc1C(=O)Nc1nc(CC(=O)N2CCCNCC2)cs1.Cl.Cl. The summed E-state index contributed by atoms with van der Waals surface area (Å²) in [5.41, 5.74) is 1.17. The molecule has 0 spiro atoms. The van der Waals surface area contributed by atoms with Crippen LogP contribution in [0.3, 0.4) is 0 Å². The van der Waals surface area contributed by atoms with Crippen LogP contribution >= 0.6 is 36.2 Å². The van der Waals surface area contributed by atoms with Gasteiger partial charge in [-0.1, -0.05) is 0 Å². The quantitative estimate of drug-likeness (QED) is 0.792. The number of nitrogens with zero attached hydrogens (tertiary/aromatic N) is 2. The van der Waals surface area contributed by atoms with E-state index in [1.807, 2.05) is 10.3 Å². The van der Waals surface area contributed by atoms with Gasteiger partial charge in [0.15, 0.2) is 5.13 Å². The predicted octanol–water partition coefficient (Wildman–Crippen LogP) is 2.50. The van der Waals surface area contributed by atoms with E-state index in [0.717, 1.165) is 32.6 Å². The first-order valence-corrected chi connectivity index (χ1v) is 8.80. The number of carbonyl (C=O) groups excluding carboxylic acids is 2. The summed E-state index contributed by atoms with van der Waals surface area (Å²) in [5, 5.41) is 8.32. The van der Waals surface area contributed by atoms with Crippen molar-refractivity contribution in [2.45, 2.75) is 19.8 Å². The van der Waals surface area contributed by atoms with E-state index in [1.165, 1.54) is 17.6 Å². The van der Waals surface area contributed by atoms with Crippen LogP contribution in [0.2, 0.25) is 0 Å². The van der Waals surface area contributed by atoms with Gasteiger partial charge in [0.05, 0.1) is 23.9 Å². The standard InChI is InChI=1S/C16H20N4O3S.2ClH/c1-11-13(3-8-23-11)15(22)19-16-18-12(10-24-16)9-14(21)20-6-2-4-17-5-7-20;;/h3,8,10,17H,2,4-7,9H2,1H3,(H,18,19,22);2*1H. The lowest BCUT2D eigenvalue weighted by molar-refractivity contribution is -0.130. The van der Waals surface area contributed by atoms with Crippen molar-refractivity contribution in [3.63, 3.8) is 0 Å². The molecule has 2 aromatic heterocycles. The highest BCUT2D eigenvalue weighted by molar-refractivity contribution is 7.14. The van der Waals surface area contributed by atoms with Gasteiger partial charge < -0.3 is 14.6 Å². The summed E-state index contributed by atoms with van der Waals surface area (Å²) in [5.74, 6) is 0.383. The molecule has 0 aliphatic carbocycles. The number of amides is 2. The molecule has 0 saturated carbocycles. The molecule has 3 heterocycles. The summed E-state index contributed by atoms with van der Waals surface area (Å²) in [7, 11) is 0. The van der Waals surface area contributed by atoms with Gasteiger partial charge in [0.1, 0.15) is 5.76 Å². The highest BCUT2D eigenvalue weighted by atomic mass is 35.5. The fourth-order valence-corrected chi connectivity index (χ4v) is 3.30. The molecule has 10 heteroatoms. The normalized spacial score (nSPS) is 14.0. The van der Waals surface area contributed by atoms with Crippen LogP contribution in [0.4, 0.5) is 5.13 Å². The van der Waals surface area contributed by atoms with E-state index in [9.17, 15) is 9.59 Å². The van der Waals surface area contributed by atoms with Gasteiger partial charge >= 0.3 is 0 Å².